The number of hydrogen-bond donors (Lipinski definition) is 0. The van der Waals surface area contributed by atoms with Crippen LogP contribution in [0.25, 0.3) is 11.2 Å². The lowest BCUT2D eigenvalue weighted by atomic mass is 10.1. The smallest absolute Gasteiger partial charge is 0.165 e. The average molecular weight is 273 g/mol. The van der Waals surface area contributed by atoms with Gasteiger partial charge in [-0.25, -0.2) is 15.0 Å². The van der Waals surface area contributed by atoms with Crippen LogP contribution in [0.1, 0.15) is 18.5 Å². The fraction of sp³-hybridized carbons (Fsp3) is 0.214. The van der Waals surface area contributed by atoms with Gasteiger partial charge in [-0.1, -0.05) is 41.9 Å². The van der Waals surface area contributed by atoms with Crippen LogP contribution in [0.15, 0.2) is 43.0 Å². The fourth-order valence-corrected chi connectivity index (χ4v) is 2.38. The molecule has 5 heteroatoms. The van der Waals surface area contributed by atoms with E-state index in [1.807, 2.05) is 22.8 Å². The summed E-state index contributed by atoms with van der Waals surface area (Å²) < 4.78 is 2.04. The quantitative estimate of drug-likeness (QED) is 0.687. The Labute approximate surface area is 116 Å². The van der Waals surface area contributed by atoms with E-state index in [1.165, 1.54) is 11.9 Å². The predicted molar refractivity (Wildman–Crippen MR) is 75.2 cm³/mol. The standard InChI is InChI=1S/C14H13ClN4/c1-10(7-11-5-3-2-4-6-11)19-9-18-12-13(15)16-8-17-14(12)19/h2-6,8-10H,7H2,1H3. The molecule has 2 heterocycles. The van der Waals surface area contributed by atoms with E-state index in [2.05, 4.69) is 34.0 Å². The first-order valence-electron chi connectivity index (χ1n) is 6.12. The third kappa shape index (κ3) is 2.31. The van der Waals surface area contributed by atoms with Crippen LogP contribution >= 0.6 is 11.6 Å². The molecule has 0 aliphatic rings. The van der Waals surface area contributed by atoms with Crippen molar-refractivity contribution in [3.8, 4) is 0 Å². The summed E-state index contributed by atoms with van der Waals surface area (Å²) >= 11 is 6.01. The number of rotatable bonds is 3. The monoisotopic (exact) mass is 272 g/mol. The van der Waals surface area contributed by atoms with Crippen LogP contribution in [0.5, 0.6) is 0 Å². The lowest BCUT2D eigenvalue weighted by Gasteiger charge is -2.13. The molecule has 0 bridgehead atoms. The molecule has 3 rings (SSSR count). The van der Waals surface area contributed by atoms with E-state index in [1.54, 1.807) is 6.33 Å². The zero-order valence-corrected chi connectivity index (χ0v) is 11.2. The van der Waals surface area contributed by atoms with Crippen LogP contribution in [0.2, 0.25) is 5.15 Å². The van der Waals surface area contributed by atoms with E-state index in [9.17, 15) is 0 Å². The summed E-state index contributed by atoms with van der Waals surface area (Å²) in [6.45, 7) is 2.14. The van der Waals surface area contributed by atoms with E-state index >= 15 is 0 Å². The van der Waals surface area contributed by atoms with Crippen LogP contribution in [0.3, 0.4) is 0 Å². The second-order valence-electron chi connectivity index (χ2n) is 4.53. The van der Waals surface area contributed by atoms with Crippen molar-refractivity contribution < 1.29 is 0 Å². The number of imidazole rings is 1. The minimum atomic E-state index is 0.262. The maximum atomic E-state index is 6.01. The lowest BCUT2D eigenvalue weighted by Crippen LogP contribution is -2.07. The van der Waals surface area contributed by atoms with Crippen LogP contribution in [-0.2, 0) is 6.42 Å². The van der Waals surface area contributed by atoms with Crippen molar-refractivity contribution in [2.24, 2.45) is 0 Å². The number of aromatic nitrogens is 4. The van der Waals surface area contributed by atoms with E-state index in [0.29, 0.717) is 10.7 Å². The molecule has 0 aliphatic heterocycles. The minimum Gasteiger partial charge on any atom is -0.312 e. The number of fused-ring (bicyclic) bond motifs is 1. The summed E-state index contributed by atoms with van der Waals surface area (Å²) in [5, 5.41) is 0.399. The zero-order chi connectivity index (χ0) is 13.2. The Morgan fingerprint density at radius 1 is 1.16 bits per heavy atom. The van der Waals surface area contributed by atoms with Gasteiger partial charge >= 0.3 is 0 Å². The van der Waals surface area contributed by atoms with Gasteiger partial charge in [0.25, 0.3) is 0 Å². The van der Waals surface area contributed by atoms with E-state index in [4.69, 9.17) is 11.6 Å². The molecule has 1 aromatic carbocycles. The molecular formula is C14H13ClN4. The number of nitrogens with zero attached hydrogens (tertiary/aromatic N) is 4. The second-order valence-corrected chi connectivity index (χ2v) is 4.89. The molecule has 2 aromatic heterocycles. The average Bonchev–Trinajstić information content (AvgIpc) is 2.85. The van der Waals surface area contributed by atoms with Gasteiger partial charge in [0.05, 0.1) is 6.33 Å². The third-order valence-electron chi connectivity index (χ3n) is 3.16. The third-order valence-corrected chi connectivity index (χ3v) is 3.44. The van der Waals surface area contributed by atoms with Gasteiger partial charge in [-0.05, 0) is 18.9 Å². The number of hydrogen-bond acceptors (Lipinski definition) is 3. The molecule has 4 nitrogen and oxygen atoms in total. The molecule has 96 valence electrons. The van der Waals surface area contributed by atoms with Crippen molar-refractivity contribution >= 4 is 22.8 Å². The number of benzene rings is 1. The maximum Gasteiger partial charge on any atom is 0.165 e. The summed E-state index contributed by atoms with van der Waals surface area (Å²) in [6.07, 6.45) is 4.17. The topological polar surface area (TPSA) is 43.6 Å². The Kier molecular flexibility index (Phi) is 3.17. The molecule has 0 spiro atoms. The van der Waals surface area contributed by atoms with E-state index < -0.39 is 0 Å². The van der Waals surface area contributed by atoms with Gasteiger partial charge in [-0.3, -0.25) is 0 Å². The summed E-state index contributed by atoms with van der Waals surface area (Å²) in [7, 11) is 0. The first kappa shape index (κ1) is 12.1. The molecule has 19 heavy (non-hydrogen) atoms. The van der Waals surface area contributed by atoms with Crippen LogP contribution in [0, 0.1) is 0 Å². The van der Waals surface area contributed by atoms with Gasteiger partial charge < -0.3 is 4.57 Å². The van der Waals surface area contributed by atoms with Crippen molar-refractivity contribution in [2.75, 3.05) is 0 Å². The molecule has 0 fully saturated rings. The van der Waals surface area contributed by atoms with Gasteiger partial charge in [0.1, 0.15) is 11.8 Å². The highest BCUT2D eigenvalue weighted by Crippen LogP contribution is 2.22. The molecular weight excluding hydrogens is 260 g/mol. The molecule has 0 saturated carbocycles. The molecule has 0 radical (unpaired) electrons. The minimum absolute atomic E-state index is 0.262. The van der Waals surface area contributed by atoms with E-state index in [-0.39, 0.29) is 6.04 Å². The molecule has 0 saturated heterocycles. The van der Waals surface area contributed by atoms with Crippen LogP contribution < -0.4 is 0 Å². The first-order chi connectivity index (χ1) is 9.25. The maximum absolute atomic E-state index is 6.01. The summed E-state index contributed by atoms with van der Waals surface area (Å²) in [5.74, 6) is 0. The molecule has 3 aromatic rings. The lowest BCUT2D eigenvalue weighted by molar-refractivity contribution is 0.555. The Morgan fingerprint density at radius 3 is 2.74 bits per heavy atom. The van der Waals surface area contributed by atoms with Crippen LogP contribution in [0.4, 0.5) is 0 Å². The van der Waals surface area contributed by atoms with Crippen molar-refractivity contribution in [1.82, 2.24) is 19.5 Å². The molecule has 1 unspecified atom stereocenters. The zero-order valence-electron chi connectivity index (χ0n) is 10.5. The second kappa shape index (κ2) is 4.97. The van der Waals surface area contributed by atoms with Gasteiger partial charge in [-0.2, -0.15) is 0 Å². The molecule has 0 N–H and O–H groups in total. The Balaban J connectivity index is 1.94. The van der Waals surface area contributed by atoms with Gasteiger partial charge in [0, 0.05) is 6.04 Å². The SMILES string of the molecule is CC(Cc1ccccc1)n1cnc2c(Cl)ncnc21. The molecule has 1 atom stereocenters. The Bertz CT molecular complexity index is 693. The summed E-state index contributed by atoms with van der Waals surface area (Å²) in [5.41, 5.74) is 2.73. The summed E-state index contributed by atoms with van der Waals surface area (Å²) in [6, 6.07) is 10.6. The molecule has 0 aliphatic carbocycles. The van der Waals surface area contributed by atoms with Gasteiger partial charge in [-0.15, -0.1) is 0 Å². The highest BCUT2D eigenvalue weighted by Gasteiger charge is 2.13. The Morgan fingerprint density at radius 2 is 1.95 bits per heavy atom. The molecule has 0 amide bonds. The number of halogens is 1. The normalized spacial score (nSPS) is 12.7. The summed E-state index contributed by atoms with van der Waals surface area (Å²) in [4.78, 5) is 12.5. The highest BCUT2D eigenvalue weighted by atomic mass is 35.5. The van der Waals surface area contributed by atoms with E-state index in [0.717, 1.165) is 12.1 Å². The van der Waals surface area contributed by atoms with Crippen molar-refractivity contribution in [3.05, 3.63) is 53.7 Å². The van der Waals surface area contributed by atoms with Gasteiger partial charge in [0.15, 0.2) is 10.8 Å². The Hall–Kier alpha value is -1.94. The highest BCUT2D eigenvalue weighted by molar-refractivity contribution is 6.33. The first-order valence-corrected chi connectivity index (χ1v) is 6.50. The van der Waals surface area contributed by atoms with Gasteiger partial charge in [0.2, 0.25) is 0 Å². The van der Waals surface area contributed by atoms with Crippen molar-refractivity contribution in [3.63, 3.8) is 0 Å². The van der Waals surface area contributed by atoms with Crippen molar-refractivity contribution in [1.29, 1.82) is 0 Å². The van der Waals surface area contributed by atoms with Crippen LogP contribution in [-0.4, -0.2) is 19.5 Å². The predicted octanol–water partition coefficient (Wildman–Crippen LogP) is 3.28. The van der Waals surface area contributed by atoms with Crippen molar-refractivity contribution in [2.45, 2.75) is 19.4 Å². The fourth-order valence-electron chi connectivity index (χ4n) is 2.20. The largest absolute Gasteiger partial charge is 0.312 e.